The number of tetrazole rings is 1. The maximum Gasteiger partial charge on any atom is 0.243 e. The van der Waals surface area contributed by atoms with Gasteiger partial charge in [0, 0.05) is 16.1 Å². The van der Waals surface area contributed by atoms with Gasteiger partial charge in [-0.2, -0.15) is 4.80 Å². The standard InChI is InChI=1S/C16H22BrN5O/c1-3-4-5-8-12(2)18-15(23)11-22-20-16(19-21-22)13-9-6-7-10-14(13)17/h6-7,9-10,12H,3-5,8,11H2,1-2H3,(H,18,23)/t12-/m0/s1. The number of nitrogens with one attached hydrogen (secondary N) is 1. The molecule has 0 aliphatic heterocycles. The second-order valence-electron chi connectivity index (χ2n) is 5.59. The summed E-state index contributed by atoms with van der Waals surface area (Å²) in [5.41, 5.74) is 0.854. The van der Waals surface area contributed by atoms with Crippen molar-refractivity contribution in [3.63, 3.8) is 0 Å². The number of unbranched alkanes of at least 4 members (excludes halogenated alkanes) is 2. The summed E-state index contributed by atoms with van der Waals surface area (Å²) >= 11 is 3.46. The van der Waals surface area contributed by atoms with Gasteiger partial charge in [0.05, 0.1) is 0 Å². The maximum absolute atomic E-state index is 12.0. The highest BCUT2D eigenvalue weighted by Crippen LogP contribution is 2.24. The van der Waals surface area contributed by atoms with E-state index in [1.807, 2.05) is 31.2 Å². The van der Waals surface area contributed by atoms with Crippen molar-refractivity contribution in [2.45, 2.75) is 52.1 Å². The van der Waals surface area contributed by atoms with E-state index in [9.17, 15) is 4.79 Å². The highest BCUT2D eigenvalue weighted by molar-refractivity contribution is 9.10. The molecule has 1 amide bonds. The third kappa shape index (κ3) is 5.42. The van der Waals surface area contributed by atoms with E-state index in [2.05, 4.69) is 43.6 Å². The highest BCUT2D eigenvalue weighted by Gasteiger charge is 2.12. The lowest BCUT2D eigenvalue weighted by Gasteiger charge is -2.12. The quantitative estimate of drug-likeness (QED) is 0.714. The molecule has 1 aromatic carbocycles. The van der Waals surface area contributed by atoms with Crippen LogP contribution in [0, 0.1) is 0 Å². The van der Waals surface area contributed by atoms with Gasteiger partial charge in [0.2, 0.25) is 11.7 Å². The Morgan fingerprint density at radius 1 is 1.35 bits per heavy atom. The van der Waals surface area contributed by atoms with Gasteiger partial charge in [0.15, 0.2) is 0 Å². The smallest absolute Gasteiger partial charge is 0.243 e. The van der Waals surface area contributed by atoms with Crippen molar-refractivity contribution in [3.8, 4) is 11.4 Å². The van der Waals surface area contributed by atoms with Gasteiger partial charge in [-0.05, 0) is 30.7 Å². The first kappa shape index (κ1) is 17.6. The minimum Gasteiger partial charge on any atom is -0.352 e. The van der Waals surface area contributed by atoms with Crippen LogP contribution in [-0.4, -0.2) is 32.2 Å². The molecule has 23 heavy (non-hydrogen) atoms. The van der Waals surface area contributed by atoms with E-state index in [-0.39, 0.29) is 18.5 Å². The summed E-state index contributed by atoms with van der Waals surface area (Å²) in [5, 5.41) is 15.2. The molecular formula is C16H22BrN5O. The molecule has 0 saturated carbocycles. The fraction of sp³-hybridized carbons (Fsp3) is 0.500. The third-order valence-electron chi connectivity index (χ3n) is 3.50. The van der Waals surface area contributed by atoms with Gasteiger partial charge in [0.1, 0.15) is 6.54 Å². The molecule has 7 heteroatoms. The van der Waals surface area contributed by atoms with E-state index < -0.39 is 0 Å². The van der Waals surface area contributed by atoms with Crippen LogP contribution in [-0.2, 0) is 11.3 Å². The molecule has 0 radical (unpaired) electrons. The molecule has 0 saturated heterocycles. The van der Waals surface area contributed by atoms with E-state index in [4.69, 9.17) is 0 Å². The molecule has 0 unspecified atom stereocenters. The van der Waals surface area contributed by atoms with Crippen LogP contribution in [0.2, 0.25) is 0 Å². The Balaban J connectivity index is 1.89. The molecule has 0 bridgehead atoms. The first-order chi connectivity index (χ1) is 11.1. The molecule has 1 heterocycles. The number of benzene rings is 1. The molecule has 1 aromatic heterocycles. The van der Waals surface area contributed by atoms with E-state index in [1.54, 1.807) is 0 Å². The number of carbonyl (C=O) groups excluding carboxylic acids is 1. The number of nitrogens with zero attached hydrogens (tertiary/aromatic N) is 4. The number of hydrogen-bond donors (Lipinski definition) is 1. The van der Waals surface area contributed by atoms with Gasteiger partial charge in [0.25, 0.3) is 0 Å². The van der Waals surface area contributed by atoms with Gasteiger partial charge in [-0.25, -0.2) is 0 Å². The average molecular weight is 380 g/mol. The van der Waals surface area contributed by atoms with Crippen LogP contribution in [0.4, 0.5) is 0 Å². The second-order valence-corrected chi connectivity index (χ2v) is 6.44. The van der Waals surface area contributed by atoms with E-state index in [1.165, 1.54) is 17.6 Å². The van der Waals surface area contributed by atoms with Crippen molar-refractivity contribution >= 4 is 21.8 Å². The molecule has 0 aliphatic rings. The minimum atomic E-state index is -0.0925. The molecule has 0 aliphatic carbocycles. The highest BCUT2D eigenvalue weighted by atomic mass is 79.9. The van der Waals surface area contributed by atoms with Gasteiger partial charge in [-0.3, -0.25) is 4.79 Å². The Kier molecular flexibility index (Phi) is 6.70. The predicted octanol–water partition coefficient (Wildman–Crippen LogP) is 3.19. The monoisotopic (exact) mass is 379 g/mol. The Bertz CT molecular complexity index is 643. The molecule has 1 atom stereocenters. The lowest BCUT2D eigenvalue weighted by Crippen LogP contribution is -2.35. The first-order valence-corrected chi connectivity index (χ1v) is 8.71. The van der Waals surface area contributed by atoms with Gasteiger partial charge >= 0.3 is 0 Å². The Hall–Kier alpha value is -1.76. The first-order valence-electron chi connectivity index (χ1n) is 7.92. The fourth-order valence-corrected chi connectivity index (χ4v) is 2.74. The number of carbonyl (C=O) groups is 1. The molecule has 6 nitrogen and oxygen atoms in total. The second kappa shape index (κ2) is 8.76. The SMILES string of the molecule is CCCCC[C@H](C)NC(=O)Cn1nnc(-c2ccccc2Br)n1. The normalized spacial score (nSPS) is 12.1. The minimum absolute atomic E-state index is 0.0789. The summed E-state index contributed by atoms with van der Waals surface area (Å²) in [6.07, 6.45) is 4.50. The Morgan fingerprint density at radius 3 is 2.87 bits per heavy atom. The number of aromatic nitrogens is 4. The molecule has 0 spiro atoms. The predicted molar refractivity (Wildman–Crippen MR) is 92.7 cm³/mol. The summed E-state index contributed by atoms with van der Waals surface area (Å²) in [7, 11) is 0. The largest absolute Gasteiger partial charge is 0.352 e. The lowest BCUT2D eigenvalue weighted by molar-refractivity contribution is -0.122. The van der Waals surface area contributed by atoms with Crippen molar-refractivity contribution in [2.24, 2.45) is 0 Å². The van der Waals surface area contributed by atoms with Crippen LogP contribution in [0.25, 0.3) is 11.4 Å². The third-order valence-corrected chi connectivity index (χ3v) is 4.19. The summed E-state index contributed by atoms with van der Waals surface area (Å²) in [4.78, 5) is 13.3. The number of rotatable bonds is 8. The average Bonchev–Trinajstić information content (AvgIpc) is 2.96. The number of halogens is 1. The zero-order chi connectivity index (χ0) is 16.7. The summed E-state index contributed by atoms with van der Waals surface area (Å²) in [6, 6.07) is 7.82. The zero-order valence-corrected chi connectivity index (χ0v) is 15.1. The van der Waals surface area contributed by atoms with Crippen molar-refractivity contribution in [1.29, 1.82) is 0 Å². The number of amides is 1. The van der Waals surface area contributed by atoms with Crippen LogP contribution in [0.3, 0.4) is 0 Å². The van der Waals surface area contributed by atoms with Crippen LogP contribution in [0.15, 0.2) is 28.7 Å². The summed E-state index contributed by atoms with van der Waals surface area (Å²) in [5.74, 6) is 0.409. The Labute approximate surface area is 144 Å². The molecular weight excluding hydrogens is 358 g/mol. The summed E-state index contributed by atoms with van der Waals surface area (Å²) < 4.78 is 0.897. The van der Waals surface area contributed by atoms with Gasteiger partial charge in [-0.1, -0.05) is 54.2 Å². The van der Waals surface area contributed by atoms with Crippen LogP contribution in [0.5, 0.6) is 0 Å². The van der Waals surface area contributed by atoms with E-state index in [0.29, 0.717) is 5.82 Å². The lowest BCUT2D eigenvalue weighted by atomic mass is 10.1. The zero-order valence-electron chi connectivity index (χ0n) is 13.5. The molecule has 0 fully saturated rings. The van der Waals surface area contributed by atoms with E-state index >= 15 is 0 Å². The fourth-order valence-electron chi connectivity index (χ4n) is 2.28. The summed E-state index contributed by atoms with van der Waals surface area (Å²) in [6.45, 7) is 4.27. The van der Waals surface area contributed by atoms with Crippen LogP contribution in [0.1, 0.15) is 39.5 Å². The van der Waals surface area contributed by atoms with Crippen LogP contribution < -0.4 is 5.32 Å². The van der Waals surface area contributed by atoms with Gasteiger partial charge in [-0.15, -0.1) is 10.2 Å². The van der Waals surface area contributed by atoms with Crippen molar-refractivity contribution in [3.05, 3.63) is 28.7 Å². The Morgan fingerprint density at radius 2 is 2.13 bits per heavy atom. The van der Waals surface area contributed by atoms with Crippen molar-refractivity contribution in [2.75, 3.05) is 0 Å². The van der Waals surface area contributed by atoms with Crippen LogP contribution >= 0.6 is 15.9 Å². The molecule has 1 N–H and O–H groups in total. The number of hydrogen-bond acceptors (Lipinski definition) is 4. The topological polar surface area (TPSA) is 72.7 Å². The molecule has 124 valence electrons. The molecule has 2 rings (SSSR count). The van der Waals surface area contributed by atoms with Crippen molar-refractivity contribution in [1.82, 2.24) is 25.5 Å². The molecule has 2 aromatic rings. The van der Waals surface area contributed by atoms with E-state index in [0.717, 1.165) is 22.9 Å². The van der Waals surface area contributed by atoms with Gasteiger partial charge < -0.3 is 5.32 Å². The maximum atomic E-state index is 12.0. The van der Waals surface area contributed by atoms with Crippen molar-refractivity contribution < 1.29 is 4.79 Å².